The molecular weight excluding hydrogens is 358 g/mol. The van der Waals surface area contributed by atoms with Gasteiger partial charge in [0.2, 0.25) is 0 Å². The maximum atomic E-state index is 13.7. The minimum Gasteiger partial charge on any atom is -0.494 e. The number of hydrogen-bond acceptors (Lipinski definition) is 4. The van der Waals surface area contributed by atoms with Gasteiger partial charge in [-0.05, 0) is 29.8 Å². The Bertz CT molecular complexity index is 647. The van der Waals surface area contributed by atoms with Gasteiger partial charge >= 0.3 is 0 Å². The number of thiophene rings is 1. The van der Waals surface area contributed by atoms with Crippen LogP contribution in [0.5, 0.6) is 5.75 Å². The lowest BCUT2D eigenvalue weighted by molar-refractivity contribution is 0.200. The Morgan fingerprint density at radius 2 is 2.00 bits per heavy atom. The predicted molar refractivity (Wildman–Crippen MR) is 95.8 cm³/mol. The lowest BCUT2D eigenvalue weighted by atomic mass is 10.0. The summed E-state index contributed by atoms with van der Waals surface area (Å²) in [5.41, 5.74) is 1.03. The van der Waals surface area contributed by atoms with E-state index in [1.54, 1.807) is 17.4 Å². The number of ether oxygens (including phenoxy) is 1. The predicted octanol–water partition coefficient (Wildman–Crippen LogP) is 3.97. The number of piperazine rings is 1. The fourth-order valence-electron chi connectivity index (χ4n) is 2.82. The Morgan fingerprint density at radius 3 is 2.61 bits per heavy atom. The van der Waals surface area contributed by atoms with Gasteiger partial charge in [0.15, 0.2) is 11.6 Å². The van der Waals surface area contributed by atoms with E-state index in [0.717, 1.165) is 36.1 Å². The Kier molecular flexibility index (Phi) is 6.68. The Balaban J connectivity index is 0.00000192. The molecule has 3 nitrogen and oxygen atoms in total. The second-order valence-electron chi connectivity index (χ2n) is 5.22. The van der Waals surface area contributed by atoms with Crippen molar-refractivity contribution in [1.29, 1.82) is 0 Å². The maximum absolute atomic E-state index is 13.7. The van der Waals surface area contributed by atoms with Gasteiger partial charge in [0.25, 0.3) is 0 Å². The van der Waals surface area contributed by atoms with Gasteiger partial charge in [-0.2, -0.15) is 0 Å². The molecule has 1 aromatic carbocycles. The van der Waals surface area contributed by atoms with Crippen molar-refractivity contribution in [2.75, 3.05) is 33.3 Å². The minimum absolute atomic E-state index is 0. The average molecular weight is 377 g/mol. The summed E-state index contributed by atoms with van der Waals surface area (Å²) in [5.74, 6) is -0.0604. The summed E-state index contributed by atoms with van der Waals surface area (Å²) in [5, 5.41) is 3.36. The first-order chi connectivity index (χ1) is 10.7. The van der Waals surface area contributed by atoms with E-state index in [-0.39, 0.29) is 30.0 Å². The third kappa shape index (κ3) is 4.17. The van der Waals surface area contributed by atoms with E-state index in [9.17, 15) is 4.39 Å². The van der Waals surface area contributed by atoms with Gasteiger partial charge in [0, 0.05) is 31.1 Å². The van der Waals surface area contributed by atoms with E-state index >= 15 is 0 Å². The van der Waals surface area contributed by atoms with E-state index in [1.807, 2.05) is 12.1 Å². The van der Waals surface area contributed by atoms with Gasteiger partial charge < -0.3 is 10.1 Å². The van der Waals surface area contributed by atoms with Crippen LogP contribution >= 0.6 is 35.3 Å². The molecule has 2 aromatic rings. The second-order valence-corrected chi connectivity index (χ2v) is 6.97. The van der Waals surface area contributed by atoms with Crippen LogP contribution in [0.25, 0.3) is 0 Å². The number of nitrogens with zero attached hydrogens (tertiary/aromatic N) is 1. The molecule has 0 radical (unpaired) electrons. The normalized spacial score (nSPS) is 16.7. The summed E-state index contributed by atoms with van der Waals surface area (Å²) in [6, 6.07) is 9.13. The molecular formula is C16H19Cl2FN2OS. The largest absolute Gasteiger partial charge is 0.494 e. The molecule has 0 saturated carbocycles. The summed E-state index contributed by atoms with van der Waals surface area (Å²) >= 11 is 7.69. The number of nitrogens with one attached hydrogen (secondary N) is 1. The Morgan fingerprint density at radius 1 is 1.26 bits per heavy atom. The summed E-state index contributed by atoms with van der Waals surface area (Å²) in [6.07, 6.45) is 0. The molecule has 2 heterocycles. The zero-order valence-electron chi connectivity index (χ0n) is 12.7. The van der Waals surface area contributed by atoms with Crippen molar-refractivity contribution in [2.45, 2.75) is 6.04 Å². The van der Waals surface area contributed by atoms with E-state index in [4.69, 9.17) is 16.3 Å². The fourth-order valence-corrected chi connectivity index (χ4v) is 4.04. The van der Waals surface area contributed by atoms with Crippen LogP contribution in [0.2, 0.25) is 4.34 Å². The van der Waals surface area contributed by atoms with Crippen molar-refractivity contribution < 1.29 is 9.13 Å². The highest BCUT2D eigenvalue weighted by Gasteiger charge is 2.26. The van der Waals surface area contributed by atoms with Gasteiger partial charge in [-0.1, -0.05) is 17.7 Å². The van der Waals surface area contributed by atoms with Crippen molar-refractivity contribution in [3.8, 4) is 5.75 Å². The first kappa shape index (κ1) is 18.5. The Labute approximate surface area is 150 Å². The van der Waals surface area contributed by atoms with E-state index in [0.29, 0.717) is 0 Å². The van der Waals surface area contributed by atoms with Crippen LogP contribution in [-0.2, 0) is 0 Å². The quantitative estimate of drug-likeness (QED) is 0.873. The molecule has 3 rings (SSSR count). The van der Waals surface area contributed by atoms with Crippen molar-refractivity contribution in [3.05, 3.63) is 50.9 Å². The summed E-state index contributed by atoms with van der Waals surface area (Å²) in [6.45, 7) is 3.79. The molecule has 7 heteroatoms. The number of rotatable bonds is 4. The SMILES string of the molecule is COc1cc([C@@H](c2ccc(Cl)s2)N2CCNCC2)ccc1F.Cl. The molecule has 1 saturated heterocycles. The molecule has 0 unspecified atom stereocenters. The zero-order chi connectivity index (χ0) is 15.5. The van der Waals surface area contributed by atoms with Crippen LogP contribution in [0, 0.1) is 5.82 Å². The highest BCUT2D eigenvalue weighted by molar-refractivity contribution is 7.16. The monoisotopic (exact) mass is 376 g/mol. The van der Waals surface area contributed by atoms with Crippen LogP contribution in [0.4, 0.5) is 4.39 Å². The molecule has 126 valence electrons. The average Bonchev–Trinajstić information content (AvgIpc) is 2.96. The van der Waals surface area contributed by atoms with Crippen molar-refractivity contribution in [2.24, 2.45) is 0 Å². The number of benzene rings is 1. The molecule has 0 bridgehead atoms. The first-order valence-corrected chi connectivity index (χ1v) is 8.42. The van der Waals surface area contributed by atoms with Crippen LogP contribution in [0.15, 0.2) is 30.3 Å². The minimum atomic E-state index is -0.338. The topological polar surface area (TPSA) is 24.5 Å². The van der Waals surface area contributed by atoms with Gasteiger partial charge in [-0.3, -0.25) is 4.90 Å². The standard InChI is InChI=1S/C16H18ClFN2OS.ClH/c1-21-13-10-11(2-3-12(13)18)16(14-4-5-15(17)22-14)20-8-6-19-7-9-20;/h2-5,10,16,19H,6-9H2,1H3;1H/t16-;/m0./s1. The van der Waals surface area contributed by atoms with Gasteiger partial charge in [-0.15, -0.1) is 23.7 Å². The Hall–Kier alpha value is -0.850. The third-order valence-corrected chi connectivity index (χ3v) is 5.15. The van der Waals surface area contributed by atoms with Crippen molar-refractivity contribution in [3.63, 3.8) is 0 Å². The van der Waals surface area contributed by atoms with Crippen LogP contribution < -0.4 is 10.1 Å². The zero-order valence-corrected chi connectivity index (χ0v) is 15.1. The molecule has 1 N–H and O–H groups in total. The van der Waals surface area contributed by atoms with Crippen LogP contribution in [0.1, 0.15) is 16.5 Å². The molecule has 1 fully saturated rings. The van der Waals surface area contributed by atoms with E-state index < -0.39 is 0 Å². The number of methoxy groups -OCH3 is 1. The summed E-state index contributed by atoms with van der Waals surface area (Å²) < 4.78 is 19.6. The fraction of sp³-hybridized carbons (Fsp3) is 0.375. The molecule has 1 aliphatic heterocycles. The third-order valence-electron chi connectivity index (χ3n) is 3.87. The molecule has 0 spiro atoms. The molecule has 23 heavy (non-hydrogen) atoms. The molecule has 1 aromatic heterocycles. The second kappa shape index (κ2) is 8.31. The van der Waals surface area contributed by atoms with Gasteiger partial charge in [0.05, 0.1) is 17.5 Å². The smallest absolute Gasteiger partial charge is 0.165 e. The van der Waals surface area contributed by atoms with Crippen LogP contribution in [-0.4, -0.2) is 38.2 Å². The van der Waals surface area contributed by atoms with Crippen molar-refractivity contribution in [1.82, 2.24) is 10.2 Å². The van der Waals surface area contributed by atoms with Gasteiger partial charge in [0.1, 0.15) is 0 Å². The summed E-state index contributed by atoms with van der Waals surface area (Å²) in [7, 11) is 1.49. The lowest BCUT2D eigenvalue weighted by Crippen LogP contribution is -2.45. The van der Waals surface area contributed by atoms with E-state index in [2.05, 4.69) is 16.3 Å². The first-order valence-electron chi connectivity index (χ1n) is 7.22. The molecule has 1 aliphatic rings. The molecule has 0 aliphatic carbocycles. The highest BCUT2D eigenvalue weighted by Crippen LogP contribution is 2.37. The highest BCUT2D eigenvalue weighted by atomic mass is 35.5. The molecule has 0 amide bonds. The molecule has 1 atom stereocenters. The van der Waals surface area contributed by atoms with Crippen LogP contribution in [0.3, 0.4) is 0 Å². The van der Waals surface area contributed by atoms with E-state index in [1.165, 1.54) is 18.1 Å². The summed E-state index contributed by atoms with van der Waals surface area (Å²) in [4.78, 5) is 3.56. The number of hydrogen-bond donors (Lipinski definition) is 1. The maximum Gasteiger partial charge on any atom is 0.165 e. The lowest BCUT2D eigenvalue weighted by Gasteiger charge is -2.34. The van der Waals surface area contributed by atoms with Crippen molar-refractivity contribution >= 4 is 35.3 Å². The van der Waals surface area contributed by atoms with Gasteiger partial charge in [-0.25, -0.2) is 4.39 Å². The number of halogens is 3.